The molecule has 1 unspecified atom stereocenters. The van der Waals surface area contributed by atoms with E-state index in [1.54, 1.807) is 18.2 Å². The van der Waals surface area contributed by atoms with Crippen molar-refractivity contribution in [1.29, 1.82) is 0 Å². The van der Waals surface area contributed by atoms with Crippen molar-refractivity contribution in [2.75, 3.05) is 6.54 Å². The van der Waals surface area contributed by atoms with Crippen molar-refractivity contribution in [3.05, 3.63) is 82.2 Å². The van der Waals surface area contributed by atoms with Gasteiger partial charge in [0.15, 0.2) is 0 Å². The summed E-state index contributed by atoms with van der Waals surface area (Å²) < 4.78 is 11.1. The lowest BCUT2D eigenvalue weighted by atomic mass is 10.1. The summed E-state index contributed by atoms with van der Waals surface area (Å²) in [6, 6.07) is 16.8. The van der Waals surface area contributed by atoms with Crippen LogP contribution in [-0.2, 0) is 29.0 Å². The summed E-state index contributed by atoms with van der Waals surface area (Å²) in [7, 11) is 0. The van der Waals surface area contributed by atoms with Crippen LogP contribution in [0.25, 0.3) is 0 Å². The fourth-order valence-electron chi connectivity index (χ4n) is 3.99. The normalized spacial score (nSPS) is 15.5. The van der Waals surface area contributed by atoms with E-state index in [4.69, 9.17) is 26.0 Å². The van der Waals surface area contributed by atoms with Crippen LogP contribution in [-0.4, -0.2) is 33.6 Å². The summed E-state index contributed by atoms with van der Waals surface area (Å²) in [5.74, 6) is 0.194. The molecule has 0 bridgehead atoms. The molecule has 0 spiro atoms. The predicted molar refractivity (Wildman–Crippen MR) is 122 cm³/mol. The maximum atomic E-state index is 13.0. The van der Waals surface area contributed by atoms with Crippen LogP contribution in [0.1, 0.15) is 47.9 Å². The van der Waals surface area contributed by atoms with E-state index >= 15 is 0 Å². The van der Waals surface area contributed by atoms with E-state index in [1.807, 2.05) is 41.3 Å². The smallest absolute Gasteiger partial charge is 0.303 e. The highest BCUT2D eigenvalue weighted by Crippen LogP contribution is 2.33. The van der Waals surface area contributed by atoms with E-state index in [2.05, 4.69) is 5.16 Å². The van der Waals surface area contributed by atoms with Gasteiger partial charge in [0.05, 0.1) is 23.9 Å². The molecule has 2 heterocycles. The molecule has 172 valence electrons. The molecule has 1 fully saturated rings. The van der Waals surface area contributed by atoms with Gasteiger partial charge in [-0.15, -0.1) is 0 Å². The summed E-state index contributed by atoms with van der Waals surface area (Å²) in [5, 5.41) is 13.4. The van der Waals surface area contributed by atoms with Crippen LogP contribution < -0.4 is 4.74 Å². The first-order valence-corrected chi connectivity index (χ1v) is 11.3. The van der Waals surface area contributed by atoms with Crippen molar-refractivity contribution in [2.45, 2.75) is 44.8 Å². The molecule has 1 N–H and O–H groups in total. The number of aromatic nitrogens is 1. The van der Waals surface area contributed by atoms with Gasteiger partial charge in [0, 0.05) is 19.0 Å². The molecule has 33 heavy (non-hydrogen) atoms. The molecule has 1 aliphatic rings. The van der Waals surface area contributed by atoms with Gasteiger partial charge in [-0.3, -0.25) is 9.59 Å². The lowest BCUT2D eigenvalue weighted by Gasteiger charge is -2.23. The fraction of sp³-hybridized carbons (Fsp3) is 0.320. The van der Waals surface area contributed by atoms with Crippen LogP contribution in [0.3, 0.4) is 0 Å². The monoisotopic (exact) mass is 468 g/mol. The number of amides is 1. The Labute approximate surface area is 196 Å². The van der Waals surface area contributed by atoms with Gasteiger partial charge in [0.25, 0.3) is 0 Å². The van der Waals surface area contributed by atoms with Gasteiger partial charge in [0.1, 0.15) is 23.8 Å². The number of aliphatic carboxylic acids is 1. The molecule has 1 atom stereocenters. The molecule has 1 aromatic heterocycles. The second kappa shape index (κ2) is 10.5. The Balaban J connectivity index is 1.37. The van der Waals surface area contributed by atoms with E-state index in [0.29, 0.717) is 35.4 Å². The van der Waals surface area contributed by atoms with Crippen molar-refractivity contribution in [3.8, 4) is 5.75 Å². The van der Waals surface area contributed by atoms with Gasteiger partial charge < -0.3 is 19.3 Å². The number of hydrogen-bond acceptors (Lipinski definition) is 5. The molecular weight excluding hydrogens is 444 g/mol. The van der Waals surface area contributed by atoms with Gasteiger partial charge >= 0.3 is 5.97 Å². The zero-order chi connectivity index (χ0) is 23.2. The second-order valence-electron chi connectivity index (χ2n) is 8.07. The van der Waals surface area contributed by atoms with Crippen LogP contribution in [0.2, 0.25) is 5.02 Å². The number of ether oxygens (including phenoxy) is 1. The van der Waals surface area contributed by atoms with Crippen molar-refractivity contribution >= 4 is 23.5 Å². The zero-order valence-electron chi connectivity index (χ0n) is 18.1. The Hall–Kier alpha value is -3.32. The van der Waals surface area contributed by atoms with E-state index < -0.39 is 5.97 Å². The maximum absolute atomic E-state index is 13.0. The van der Waals surface area contributed by atoms with Gasteiger partial charge in [-0.05, 0) is 36.1 Å². The third kappa shape index (κ3) is 5.93. The summed E-state index contributed by atoms with van der Waals surface area (Å²) >= 11 is 6.40. The first-order valence-electron chi connectivity index (χ1n) is 10.9. The van der Waals surface area contributed by atoms with Crippen LogP contribution >= 0.6 is 11.6 Å². The van der Waals surface area contributed by atoms with Crippen molar-refractivity contribution in [3.63, 3.8) is 0 Å². The van der Waals surface area contributed by atoms with Crippen molar-refractivity contribution in [1.82, 2.24) is 10.1 Å². The Bertz CT molecular complexity index is 1110. The third-order valence-corrected chi connectivity index (χ3v) is 5.96. The number of carboxylic acids is 1. The highest BCUT2D eigenvalue weighted by atomic mass is 35.5. The Morgan fingerprint density at radius 3 is 2.73 bits per heavy atom. The molecule has 1 amide bonds. The van der Waals surface area contributed by atoms with Crippen LogP contribution in [0, 0.1) is 0 Å². The minimum Gasteiger partial charge on any atom is -0.487 e. The highest BCUT2D eigenvalue weighted by molar-refractivity contribution is 6.32. The Kier molecular flexibility index (Phi) is 7.29. The molecule has 2 aromatic carbocycles. The second-order valence-corrected chi connectivity index (χ2v) is 8.48. The first-order chi connectivity index (χ1) is 16.0. The molecule has 0 radical (unpaired) electrons. The quantitative estimate of drug-likeness (QED) is 0.483. The van der Waals surface area contributed by atoms with Gasteiger partial charge in [-0.1, -0.05) is 53.2 Å². The van der Waals surface area contributed by atoms with Crippen LogP contribution in [0.4, 0.5) is 0 Å². The number of carboxylic acid groups (broad SMARTS) is 1. The Morgan fingerprint density at radius 2 is 1.97 bits per heavy atom. The molecule has 1 aliphatic heterocycles. The molecule has 1 saturated heterocycles. The van der Waals surface area contributed by atoms with Crippen molar-refractivity contribution in [2.24, 2.45) is 0 Å². The summed E-state index contributed by atoms with van der Waals surface area (Å²) in [4.78, 5) is 25.6. The van der Waals surface area contributed by atoms with E-state index in [9.17, 15) is 9.59 Å². The molecule has 7 nitrogen and oxygen atoms in total. The number of rotatable bonds is 9. The number of carbonyl (C=O) groups is 2. The van der Waals surface area contributed by atoms with Crippen LogP contribution in [0.5, 0.6) is 5.75 Å². The average molecular weight is 469 g/mol. The predicted octanol–water partition coefficient (Wildman–Crippen LogP) is 4.83. The number of aryl methyl sites for hydroxylation is 1. The van der Waals surface area contributed by atoms with Gasteiger partial charge in [-0.2, -0.15) is 0 Å². The molecule has 3 aromatic rings. The summed E-state index contributed by atoms with van der Waals surface area (Å²) in [6.07, 6.45) is 2.15. The minimum atomic E-state index is -0.888. The van der Waals surface area contributed by atoms with E-state index in [1.165, 1.54) is 0 Å². The fourth-order valence-corrected chi connectivity index (χ4v) is 4.25. The average Bonchev–Trinajstić information content (AvgIpc) is 3.47. The molecule has 0 saturated carbocycles. The molecular formula is C25H25ClN2O5. The summed E-state index contributed by atoms with van der Waals surface area (Å²) in [5.41, 5.74) is 2.53. The minimum absolute atomic E-state index is 0.0124. The van der Waals surface area contributed by atoms with Gasteiger partial charge in [0.2, 0.25) is 5.91 Å². The lowest BCUT2D eigenvalue weighted by molar-refractivity contribution is -0.137. The number of hydrogen-bond donors (Lipinski definition) is 1. The number of carbonyl (C=O) groups excluding carboxylic acids is 1. The molecule has 4 rings (SSSR count). The number of nitrogens with zero attached hydrogens (tertiary/aromatic N) is 2. The molecule has 0 aliphatic carbocycles. The largest absolute Gasteiger partial charge is 0.487 e. The topological polar surface area (TPSA) is 92.9 Å². The van der Waals surface area contributed by atoms with E-state index in [-0.39, 0.29) is 31.2 Å². The highest BCUT2D eigenvalue weighted by Gasteiger charge is 2.32. The number of halogens is 1. The van der Waals surface area contributed by atoms with Crippen molar-refractivity contribution < 1.29 is 24.0 Å². The van der Waals surface area contributed by atoms with E-state index in [0.717, 1.165) is 24.0 Å². The zero-order valence-corrected chi connectivity index (χ0v) is 18.8. The molecule has 8 heteroatoms. The summed E-state index contributed by atoms with van der Waals surface area (Å²) in [6.45, 7) is 1.06. The number of benzene rings is 2. The lowest BCUT2D eigenvalue weighted by Crippen LogP contribution is -2.32. The van der Waals surface area contributed by atoms with Crippen LogP contribution in [0.15, 0.2) is 59.1 Å². The van der Waals surface area contributed by atoms with Gasteiger partial charge in [-0.25, -0.2) is 0 Å². The maximum Gasteiger partial charge on any atom is 0.303 e. The Morgan fingerprint density at radius 1 is 1.15 bits per heavy atom. The SMILES string of the molecule is O=C(O)CCc1cc(C2CCCN2C(=O)Cc2ccc(OCc3ccccc3)c(Cl)c2)no1. The third-order valence-electron chi connectivity index (χ3n) is 5.67. The standard InChI is InChI=1S/C25H25ClN2O5/c26-20-13-18(8-10-23(20)32-16-17-5-2-1-3-6-17)14-24(29)28-12-4-7-22(28)21-15-19(33-27-21)9-11-25(30)31/h1-3,5-6,8,10,13,15,22H,4,7,9,11-12,14,16H2,(H,30,31). The number of likely N-dealkylation sites (tertiary alicyclic amines) is 1. The first kappa shape index (κ1) is 22.9.